The topological polar surface area (TPSA) is 109 Å². The van der Waals surface area contributed by atoms with E-state index in [1.165, 1.54) is 4.90 Å². The van der Waals surface area contributed by atoms with Crippen molar-refractivity contribution in [2.75, 3.05) is 59.2 Å². The number of rotatable bonds is 14. The maximum absolute atomic E-state index is 14.4. The van der Waals surface area contributed by atoms with Crippen molar-refractivity contribution in [3.63, 3.8) is 0 Å². The highest BCUT2D eigenvalue weighted by molar-refractivity contribution is 5.98. The smallest absolute Gasteiger partial charge is 0.312 e. The quantitative estimate of drug-likeness (QED) is 0.197. The Kier molecular flexibility index (Phi) is 9.52. The molecule has 0 aromatic heterocycles. The SMILES string of the molecule is C=CCCCOC(=O)[C@@H]1[C@H]2C(=O)N([C@H](C)CO)C(C(=O)N(CC=C)CCN3CCOCC3)C23CC[C@@]1(CC)O3. The maximum Gasteiger partial charge on any atom is 0.312 e. The van der Waals surface area contributed by atoms with Crippen molar-refractivity contribution in [2.45, 2.75) is 69.2 Å². The highest BCUT2D eigenvalue weighted by Gasteiger charge is 2.79. The molecule has 10 nitrogen and oxygen atoms in total. The second-order valence-corrected chi connectivity index (χ2v) is 11.2. The lowest BCUT2D eigenvalue weighted by atomic mass is 9.65. The summed E-state index contributed by atoms with van der Waals surface area (Å²) in [6.45, 7) is 15.6. The maximum atomic E-state index is 14.4. The minimum absolute atomic E-state index is 0.230. The first kappa shape index (κ1) is 29.7. The Balaban J connectivity index is 1.65. The molecule has 4 fully saturated rings. The number of likely N-dealkylation sites (tertiary alicyclic amines) is 1. The lowest BCUT2D eigenvalue weighted by Gasteiger charge is -2.39. The van der Waals surface area contributed by atoms with Crippen LogP contribution in [0.15, 0.2) is 25.3 Å². The molecule has 2 unspecified atom stereocenters. The third-order valence-electron chi connectivity index (χ3n) is 9.09. The number of aliphatic hydroxyl groups is 1. The van der Waals surface area contributed by atoms with Crippen molar-refractivity contribution in [3.05, 3.63) is 25.3 Å². The molecule has 39 heavy (non-hydrogen) atoms. The van der Waals surface area contributed by atoms with Gasteiger partial charge < -0.3 is 29.1 Å². The van der Waals surface area contributed by atoms with Crippen molar-refractivity contribution in [2.24, 2.45) is 11.8 Å². The van der Waals surface area contributed by atoms with Gasteiger partial charge in [-0.1, -0.05) is 19.1 Å². The van der Waals surface area contributed by atoms with E-state index in [2.05, 4.69) is 18.1 Å². The van der Waals surface area contributed by atoms with Crippen LogP contribution in [0.1, 0.15) is 46.0 Å². The molecule has 4 aliphatic rings. The van der Waals surface area contributed by atoms with E-state index in [4.69, 9.17) is 14.2 Å². The third-order valence-corrected chi connectivity index (χ3v) is 9.09. The van der Waals surface area contributed by atoms with Crippen LogP contribution < -0.4 is 0 Å². The number of carbonyl (C=O) groups is 3. The zero-order valence-electron chi connectivity index (χ0n) is 23.5. The Morgan fingerprint density at radius 1 is 1.26 bits per heavy atom. The number of aliphatic hydroxyl groups excluding tert-OH is 1. The van der Waals surface area contributed by atoms with Crippen molar-refractivity contribution < 1.29 is 33.7 Å². The lowest BCUT2D eigenvalue weighted by molar-refractivity contribution is -0.163. The number of morpholine rings is 1. The van der Waals surface area contributed by atoms with Crippen molar-refractivity contribution in [3.8, 4) is 0 Å². The van der Waals surface area contributed by atoms with Crippen LogP contribution in [-0.2, 0) is 28.6 Å². The summed E-state index contributed by atoms with van der Waals surface area (Å²) in [5.74, 6) is -2.61. The normalized spacial score (nSPS) is 32.6. The third kappa shape index (κ3) is 5.28. The number of allylic oxidation sites excluding steroid dienone is 1. The average molecular weight is 548 g/mol. The molecular weight excluding hydrogens is 502 g/mol. The van der Waals surface area contributed by atoms with E-state index >= 15 is 0 Å². The summed E-state index contributed by atoms with van der Waals surface area (Å²) >= 11 is 0. The molecule has 1 N–H and O–H groups in total. The van der Waals surface area contributed by atoms with Crippen LogP contribution in [0.4, 0.5) is 0 Å². The summed E-state index contributed by atoms with van der Waals surface area (Å²) in [7, 11) is 0. The number of ether oxygens (including phenoxy) is 3. The Bertz CT molecular complexity index is 938. The molecule has 2 amide bonds. The molecule has 4 rings (SSSR count). The fraction of sp³-hybridized carbons (Fsp3) is 0.759. The number of amides is 2. The Labute approximate surface area is 231 Å². The zero-order chi connectivity index (χ0) is 28.2. The number of unbranched alkanes of at least 4 members (excludes halogenated alkanes) is 1. The summed E-state index contributed by atoms with van der Waals surface area (Å²) in [5.41, 5.74) is -1.99. The van der Waals surface area contributed by atoms with Crippen molar-refractivity contribution >= 4 is 17.8 Å². The van der Waals surface area contributed by atoms with Crippen LogP contribution in [0, 0.1) is 11.8 Å². The highest BCUT2D eigenvalue weighted by Crippen LogP contribution is 2.64. The molecule has 0 aromatic rings. The summed E-state index contributed by atoms with van der Waals surface area (Å²) in [6.07, 6.45) is 6.44. The summed E-state index contributed by atoms with van der Waals surface area (Å²) in [4.78, 5) is 47.5. The fourth-order valence-corrected chi connectivity index (χ4v) is 7.05. The summed E-state index contributed by atoms with van der Waals surface area (Å²) < 4.78 is 17.9. The molecule has 4 saturated heterocycles. The molecule has 2 bridgehead atoms. The van der Waals surface area contributed by atoms with E-state index < -0.39 is 41.1 Å². The van der Waals surface area contributed by atoms with Crippen LogP contribution in [0.3, 0.4) is 0 Å². The van der Waals surface area contributed by atoms with Gasteiger partial charge in [-0.15, -0.1) is 13.2 Å². The second-order valence-electron chi connectivity index (χ2n) is 11.2. The Morgan fingerprint density at radius 3 is 2.64 bits per heavy atom. The van der Waals surface area contributed by atoms with E-state index in [1.807, 2.05) is 6.92 Å². The number of fused-ring (bicyclic) bond motifs is 1. The Morgan fingerprint density at radius 2 is 2.00 bits per heavy atom. The fourth-order valence-electron chi connectivity index (χ4n) is 7.05. The van der Waals surface area contributed by atoms with Crippen LogP contribution >= 0.6 is 0 Å². The van der Waals surface area contributed by atoms with Crippen molar-refractivity contribution in [1.29, 1.82) is 0 Å². The van der Waals surface area contributed by atoms with Crippen LogP contribution in [0.25, 0.3) is 0 Å². The predicted octanol–water partition coefficient (Wildman–Crippen LogP) is 1.38. The van der Waals surface area contributed by atoms with Gasteiger partial charge in [0.25, 0.3) is 0 Å². The van der Waals surface area contributed by atoms with Gasteiger partial charge in [0.2, 0.25) is 11.8 Å². The van der Waals surface area contributed by atoms with E-state index in [0.717, 1.165) is 19.5 Å². The van der Waals surface area contributed by atoms with Gasteiger partial charge in [-0.05, 0) is 39.0 Å². The van der Waals surface area contributed by atoms with Crippen LogP contribution in [-0.4, -0.2) is 120 Å². The van der Waals surface area contributed by atoms with Gasteiger partial charge in [0.05, 0.1) is 44.0 Å². The van der Waals surface area contributed by atoms with Gasteiger partial charge in [0, 0.05) is 32.7 Å². The molecule has 0 saturated carbocycles. The highest BCUT2D eigenvalue weighted by atomic mass is 16.6. The summed E-state index contributed by atoms with van der Waals surface area (Å²) in [6, 6.07) is -1.55. The monoisotopic (exact) mass is 547 g/mol. The second kappa shape index (κ2) is 12.5. The molecule has 218 valence electrons. The zero-order valence-corrected chi connectivity index (χ0v) is 23.5. The number of nitrogens with zero attached hydrogens (tertiary/aromatic N) is 3. The standard InChI is InChI=1S/C29H45N3O7/c1-5-8-9-17-38-27(36)23-22-25(34)32(21(4)20-33)24(29(22)11-10-28(23,7-3)39-29)26(35)31(12-6-2)14-13-30-15-18-37-19-16-30/h5-6,21-24,33H,1-2,7-20H2,3-4H3/t21-,22+,23+,24?,28-,29?/m1/s1. The van der Waals surface area contributed by atoms with E-state index in [-0.39, 0.29) is 25.0 Å². The van der Waals surface area contributed by atoms with Crippen molar-refractivity contribution in [1.82, 2.24) is 14.7 Å². The van der Waals surface area contributed by atoms with E-state index in [1.54, 1.807) is 24.0 Å². The first-order valence-electron chi connectivity index (χ1n) is 14.4. The molecule has 4 aliphatic heterocycles. The molecule has 4 heterocycles. The van der Waals surface area contributed by atoms with Gasteiger partial charge in [-0.25, -0.2) is 0 Å². The van der Waals surface area contributed by atoms with Gasteiger partial charge >= 0.3 is 5.97 Å². The molecule has 0 aromatic carbocycles. The first-order valence-corrected chi connectivity index (χ1v) is 14.4. The van der Waals surface area contributed by atoms with Gasteiger partial charge in [-0.3, -0.25) is 19.3 Å². The molecule has 0 aliphatic carbocycles. The lowest BCUT2D eigenvalue weighted by Crippen LogP contribution is -2.59. The van der Waals surface area contributed by atoms with Gasteiger partial charge in [-0.2, -0.15) is 0 Å². The molecule has 1 spiro atoms. The minimum atomic E-state index is -1.14. The summed E-state index contributed by atoms with van der Waals surface area (Å²) in [5, 5.41) is 10.1. The van der Waals surface area contributed by atoms with Crippen LogP contribution in [0.2, 0.25) is 0 Å². The molecule has 10 heteroatoms. The average Bonchev–Trinajstić information content (AvgIpc) is 3.56. The number of hydrogen-bond acceptors (Lipinski definition) is 8. The molecule has 0 radical (unpaired) electrons. The molecular formula is C29H45N3O7. The van der Waals surface area contributed by atoms with E-state index in [9.17, 15) is 19.5 Å². The predicted molar refractivity (Wildman–Crippen MR) is 145 cm³/mol. The van der Waals surface area contributed by atoms with Gasteiger partial charge in [0.1, 0.15) is 17.6 Å². The van der Waals surface area contributed by atoms with Gasteiger partial charge in [0.15, 0.2) is 0 Å². The van der Waals surface area contributed by atoms with E-state index in [0.29, 0.717) is 58.5 Å². The van der Waals surface area contributed by atoms with Crippen LogP contribution in [0.5, 0.6) is 0 Å². The minimum Gasteiger partial charge on any atom is -0.465 e. The first-order chi connectivity index (χ1) is 18.8. The largest absolute Gasteiger partial charge is 0.465 e. The molecule has 6 atom stereocenters. The number of carbonyl (C=O) groups excluding carboxylic acids is 3. The Hall–Kier alpha value is -2.27. The number of hydrogen-bond donors (Lipinski definition) is 1. The number of esters is 1.